The molecule has 23 heavy (non-hydrogen) atoms. The van der Waals surface area contributed by atoms with Gasteiger partial charge in [0.25, 0.3) is 15.9 Å². The van der Waals surface area contributed by atoms with Crippen molar-refractivity contribution in [2.75, 3.05) is 7.11 Å². The first-order valence-corrected chi connectivity index (χ1v) is 8.05. The molecule has 2 aromatic carbocycles. The summed E-state index contributed by atoms with van der Waals surface area (Å²) in [7, 11) is -2.74. The Morgan fingerprint density at radius 1 is 1.17 bits per heavy atom. The van der Waals surface area contributed by atoms with E-state index in [9.17, 15) is 17.6 Å². The molecule has 0 saturated heterocycles. The van der Waals surface area contributed by atoms with Gasteiger partial charge in [0.15, 0.2) is 0 Å². The number of halogens is 1. The van der Waals surface area contributed by atoms with Crippen molar-refractivity contribution in [3.63, 3.8) is 0 Å². The molecule has 2 aromatic rings. The van der Waals surface area contributed by atoms with E-state index in [0.29, 0.717) is 5.56 Å². The zero-order valence-corrected chi connectivity index (χ0v) is 13.3. The highest BCUT2D eigenvalue weighted by Gasteiger charge is 2.21. The van der Waals surface area contributed by atoms with E-state index in [1.807, 2.05) is 10.3 Å². The second-order valence-corrected chi connectivity index (χ2v) is 6.34. The van der Waals surface area contributed by atoms with Crippen LogP contribution in [0.15, 0.2) is 47.4 Å². The molecule has 0 atom stereocenters. The normalized spacial score (nSPS) is 11.1. The average Bonchev–Trinajstić information content (AvgIpc) is 2.53. The number of nitrogens with one attached hydrogen (secondary N) is 2. The topological polar surface area (TPSA) is 84.5 Å². The fraction of sp³-hybridized carbons (Fsp3) is 0.133. The molecule has 0 bridgehead atoms. The molecular formula is C15H15FN2O4S. The van der Waals surface area contributed by atoms with Crippen LogP contribution in [0.3, 0.4) is 0 Å². The first-order valence-electron chi connectivity index (χ1n) is 6.56. The van der Waals surface area contributed by atoms with Crippen LogP contribution < -0.4 is 15.0 Å². The molecule has 8 heteroatoms. The van der Waals surface area contributed by atoms with Gasteiger partial charge in [-0.15, -0.1) is 4.83 Å². The van der Waals surface area contributed by atoms with E-state index >= 15 is 0 Å². The van der Waals surface area contributed by atoms with Crippen LogP contribution in [0.5, 0.6) is 5.75 Å². The van der Waals surface area contributed by atoms with Crippen molar-refractivity contribution < 1.29 is 22.3 Å². The summed E-state index contributed by atoms with van der Waals surface area (Å²) in [5.74, 6) is -1.53. The number of hydrogen-bond acceptors (Lipinski definition) is 4. The minimum atomic E-state index is -4.07. The Balaban J connectivity index is 2.21. The molecule has 0 heterocycles. The number of amides is 1. The third kappa shape index (κ3) is 3.85. The number of methoxy groups -OCH3 is 1. The number of hydrogen-bond donors (Lipinski definition) is 2. The summed E-state index contributed by atoms with van der Waals surface area (Å²) in [6.45, 7) is 1.72. The Hall–Kier alpha value is -2.45. The smallest absolute Gasteiger partial charge is 0.269 e. The van der Waals surface area contributed by atoms with Gasteiger partial charge in [0, 0.05) is 0 Å². The zero-order valence-electron chi connectivity index (χ0n) is 12.5. The van der Waals surface area contributed by atoms with Crippen LogP contribution in [0.2, 0.25) is 0 Å². The van der Waals surface area contributed by atoms with E-state index in [1.165, 1.54) is 37.4 Å². The maximum Gasteiger partial charge on any atom is 0.269 e. The minimum absolute atomic E-state index is 0.128. The van der Waals surface area contributed by atoms with Gasteiger partial charge < -0.3 is 4.74 Å². The van der Waals surface area contributed by atoms with Gasteiger partial charge in [-0.3, -0.25) is 10.2 Å². The molecule has 1 amide bonds. The molecule has 0 aliphatic carbocycles. The Bertz CT molecular complexity index is 837. The van der Waals surface area contributed by atoms with E-state index in [0.717, 1.165) is 6.07 Å². The van der Waals surface area contributed by atoms with Crippen molar-refractivity contribution >= 4 is 15.9 Å². The van der Waals surface area contributed by atoms with Crippen molar-refractivity contribution in [1.82, 2.24) is 10.3 Å². The number of aryl methyl sites for hydroxylation is 1. The van der Waals surface area contributed by atoms with Gasteiger partial charge in [-0.05, 0) is 36.8 Å². The number of sulfonamides is 1. The van der Waals surface area contributed by atoms with Crippen molar-refractivity contribution in [2.24, 2.45) is 0 Å². The summed E-state index contributed by atoms with van der Waals surface area (Å²) in [4.78, 5) is 13.7. The van der Waals surface area contributed by atoms with Crippen LogP contribution in [0, 0.1) is 12.7 Å². The second-order valence-electron chi connectivity index (χ2n) is 4.69. The van der Waals surface area contributed by atoms with Crippen LogP contribution in [-0.4, -0.2) is 21.4 Å². The maximum atomic E-state index is 13.5. The number of ether oxygens (including phenoxy) is 1. The Kier molecular flexibility index (Phi) is 4.97. The summed E-state index contributed by atoms with van der Waals surface area (Å²) in [5, 5.41) is 0. The number of carbonyl (C=O) groups excluding carboxylic acids is 1. The minimum Gasteiger partial charge on any atom is -0.495 e. The average molecular weight is 338 g/mol. The first-order chi connectivity index (χ1) is 10.8. The summed E-state index contributed by atoms with van der Waals surface area (Å²) in [6.07, 6.45) is 0. The van der Waals surface area contributed by atoms with Gasteiger partial charge in [0.05, 0.1) is 12.7 Å². The molecule has 0 fully saturated rings. The van der Waals surface area contributed by atoms with Gasteiger partial charge in [-0.25, -0.2) is 12.8 Å². The summed E-state index contributed by atoms with van der Waals surface area (Å²) in [6, 6.07) is 9.83. The molecule has 0 aromatic heterocycles. The quantitative estimate of drug-likeness (QED) is 0.814. The highest BCUT2D eigenvalue weighted by atomic mass is 32.2. The molecule has 0 spiro atoms. The van der Waals surface area contributed by atoms with Crippen LogP contribution in [-0.2, 0) is 10.0 Å². The van der Waals surface area contributed by atoms with E-state index in [1.54, 1.807) is 13.0 Å². The number of carbonyl (C=O) groups is 1. The lowest BCUT2D eigenvalue weighted by Gasteiger charge is -2.12. The van der Waals surface area contributed by atoms with Gasteiger partial charge in [-0.2, -0.15) is 0 Å². The third-order valence-electron chi connectivity index (χ3n) is 3.03. The molecule has 122 valence electrons. The second kappa shape index (κ2) is 6.76. The van der Waals surface area contributed by atoms with Crippen molar-refractivity contribution in [3.8, 4) is 5.75 Å². The molecule has 0 radical (unpaired) electrons. The summed E-state index contributed by atoms with van der Waals surface area (Å²) >= 11 is 0. The molecule has 0 saturated carbocycles. The van der Waals surface area contributed by atoms with Crippen LogP contribution >= 0.6 is 0 Å². The van der Waals surface area contributed by atoms with E-state index < -0.39 is 21.7 Å². The lowest BCUT2D eigenvalue weighted by atomic mass is 10.2. The predicted molar refractivity (Wildman–Crippen MR) is 81.9 cm³/mol. The molecule has 2 N–H and O–H groups in total. The van der Waals surface area contributed by atoms with Crippen LogP contribution in [0.1, 0.15) is 15.9 Å². The van der Waals surface area contributed by atoms with Crippen LogP contribution in [0.25, 0.3) is 0 Å². The van der Waals surface area contributed by atoms with Crippen molar-refractivity contribution in [3.05, 3.63) is 59.4 Å². The number of benzene rings is 2. The zero-order chi connectivity index (χ0) is 17.0. The van der Waals surface area contributed by atoms with Crippen molar-refractivity contribution in [2.45, 2.75) is 11.8 Å². The fourth-order valence-electron chi connectivity index (χ4n) is 1.88. The maximum absolute atomic E-state index is 13.5. The third-order valence-corrected chi connectivity index (χ3v) is 4.29. The molecule has 6 nitrogen and oxygen atoms in total. The van der Waals surface area contributed by atoms with E-state index in [2.05, 4.69) is 0 Å². The van der Waals surface area contributed by atoms with Gasteiger partial charge in [0.1, 0.15) is 16.5 Å². The largest absolute Gasteiger partial charge is 0.495 e. The molecule has 0 aliphatic heterocycles. The fourth-order valence-corrected chi connectivity index (χ4v) is 2.97. The SMILES string of the molecule is COc1ccc(C)cc1S(=O)(=O)NNC(=O)c1ccccc1F. The predicted octanol–water partition coefficient (Wildman–Crippen LogP) is 1.77. The van der Waals surface area contributed by atoms with Crippen LogP contribution in [0.4, 0.5) is 4.39 Å². The highest BCUT2D eigenvalue weighted by Crippen LogP contribution is 2.24. The monoisotopic (exact) mass is 338 g/mol. The summed E-state index contributed by atoms with van der Waals surface area (Å²) in [5.41, 5.74) is 2.41. The Labute approximate surface area is 133 Å². The highest BCUT2D eigenvalue weighted by molar-refractivity contribution is 7.89. The van der Waals surface area contributed by atoms with Gasteiger partial charge in [-0.1, -0.05) is 18.2 Å². The number of rotatable bonds is 5. The van der Waals surface area contributed by atoms with E-state index in [4.69, 9.17) is 4.74 Å². The Morgan fingerprint density at radius 2 is 1.87 bits per heavy atom. The lowest BCUT2D eigenvalue weighted by molar-refractivity contribution is 0.0941. The van der Waals surface area contributed by atoms with Crippen molar-refractivity contribution in [1.29, 1.82) is 0 Å². The van der Waals surface area contributed by atoms with E-state index in [-0.39, 0.29) is 16.2 Å². The first kappa shape index (κ1) is 16.9. The summed E-state index contributed by atoms with van der Waals surface area (Å²) < 4.78 is 43.1. The molecule has 0 unspecified atom stereocenters. The molecule has 2 rings (SSSR count). The standard InChI is InChI=1S/C15H15FN2O4S/c1-10-7-8-13(22-2)14(9-10)23(20,21)18-17-15(19)11-5-3-4-6-12(11)16/h3-9,18H,1-2H3,(H,17,19). The Morgan fingerprint density at radius 3 is 2.52 bits per heavy atom. The number of hydrazine groups is 1. The van der Waals surface area contributed by atoms with Gasteiger partial charge >= 0.3 is 0 Å². The van der Waals surface area contributed by atoms with Gasteiger partial charge in [0.2, 0.25) is 0 Å². The lowest BCUT2D eigenvalue weighted by Crippen LogP contribution is -2.42. The molecular weight excluding hydrogens is 323 g/mol. The molecule has 0 aliphatic rings.